The molecule has 2 aromatic carbocycles. The van der Waals surface area contributed by atoms with Gasteiger partial charge in [-0.25, -0.2) is 4.39 Å². The molecule has 0 aromatic heterocycles. The number of aryl methyl sites for hydroxylation is 1. The lowest BCUT2D eigenvalue weighted by molar-refractivity contribution is 0.173. The molecule has 19 heavy (non-hydrogen) atoms. The molecule has 0 saturated heterocycles. The molecule has 2 aromatic rings. The van der Waals surface area contributed by atoms with Gasteiger partial charge in [-0.2, -0.15) is 0 Å². The van der Waals surface area contributed by atoms with Crippen molar-refractivity contribution in [3.05, 3.63) is 59.4 Å². The highest BCUT2D eigenvalue weighted by atomic mass is 19.1. The molecule has 0 aliphatic rings. The number of aliphatic hydroxyl groups excluding tert-OH is 1. The fraction of sp³-hybridized carbons (Fsp3) is 0.250. The summed E-state index contributed by atoms with van der Waals surface area (Å²) < 4.78 is 18.7. The van der Waals surface area contributed by atoms with Gasteiger partial charge in [-0.3, -0.25) is 0 Å². The molecule has 0 aliphatic carbocycles. The standard InChI is InChI=1S/C16H17FO2/c1-3-15(18)12-4-7-14(8-5-12)19-16-9-6-13(17)10-11(16)2/h4-10,15,18H,3H2,1-2H3/t15-/m1/s1. The molecule has 100 valence electrons. The molecule has 0 unspecified atom stereocenters. The maximum atomic E-state index is 13.0. The van der Waals surface area contributed by atoms with Gasteiger partial charge in [0.1, 0.15) is 17.3 Å². The number of hydrogen-bond acceptors (Lipinski definition) is 2. The molecule has 2 nitrogen and oxygen atoms in total. The average molecular weight is 260 g/mol. The van der Waals surface area contributed by atoms with Crippen LogP contribution >= 0.6 is 0 Å². The van der Waals surface area contributed by atoms with Crippen molar-refractivity contribution in [1.82, 2.24) is 0 Å². The van der Waals surface area contributed by atoms with Gasteiger partial charge < -0.3 is 9.84 Å². The first-order chi connectivity index (χ1) is 9.10. The van der Waals surface area contributed by atoms with Gasteiger partial charge in [0.25, 0.3) is 0 Å². The lowest BCUT2D eigenvalue weighted by Gasteiger charge is -2.11. The zero-order valence-electron chi connectivity index (χ0n) is 11.1. The third-order valence-corrected chi connectivity index (χ3v) is 3.02. The monoisotopic (exact) mass is 260 g/mol. The predicted molar refractivity (Wildman–Crippen MR) is 72.9 cm³/mol. The van der Waals surface area contributed by atoms with E-state index in [4.69, 9.17) is 4.74 Å². The maximum absolute atomic E-state index is 13.0. The summed E-state index contributed by atoms with van der Waals surface area (Å²) in [5, 5.41) is 9.70. The van der Waals surface area contributed by atoms with E-state index in [2.05, 4.69) is 0 Å². The second-order valence-corrected chi connectivity index (χ2v) is 4.50. The maximum Gasteiger partial charge on any atom is 0.130 e. The molecule has 0 amide bonds. The van der Waals surface area contributed by atoms with E-state index in [-0.39, 0.29) is 5.82 Å². The average Bonchev–Trinajstić information content (AvgIpc) is 2.42. The van der Waals surface area contributed by atoms with E-state index in [9.17, 15) is 9.50 Å². The molecule has 1 atom stereocenters. The van der Waals surface area contributed by atoms with Crippen LogP contribution < -0.4 is 4.74 Å². The van der Waals surface area contributed by atoms with Crippen LogP contribution in [0.5, 0.6) is 11.5 Å². The molecule has 0 spiro atoms. The second kappa shape index (κ2) is 5.85. The van der Waals surface area contributed by atoms with Crippen molar-refractivity contribution in [2.75, 3.05) is 0 Å². The van der Waals surface area contributed by atoms with Gasteiger partial charge in [-0.1, -0.05) is 19.1 Å². The largest absolute Gasteiger partial charge is 0.457 e. The molecule has 0 aliphatic heterocycles. The highest BCUT2D eigenvalue weighted by Gasteiger charge is 2.06. The van der Waals surface area contributed by atoms with Gasteiger partial charge >= 0.3 is 0 Å². The van der Waals surface area contributed by atoms with Crippen molar-refractivity contribution in [3.63, 3.8) is 0 Å². The van der Waals surface area contributed by atoms with Crippen molar-refractivity contribution in [2.24, 2.45) is 0 Å². The Kier molecular flexibility index (Phi) is 4.17. The Morgan fingerprint density at radius 2 is 1.84 bits per heavy atom. The van der Waals surface area contributed by atoms with Crippen molar-refractivity contribution < 1.29 is 14.2 Å². The smallest absolute Gasteiger partial charge is 0.130 e. The van der Waals surface area contributed by atoms with E-state index in [0.717, 1.165) is 11.1 Å². The van der Waals surface area contributed by atoms with Gasteiger partial charge in [0.05, 0.1) is 6.10 Å². The van der Waals surface area contributed by atoms with Gasteiger partial charge in [-0.05, 0) is 54.8 Å². The third-order valence-electron chi connectivity index (χ3n) is 3.02. The number of aliphatic hydroxyl groups is 1. The summed E-state index contributed by atoms with van der Waals surface area (Å²) in [6.45, 7) is 3.73. The summed E-state index contributed by atoms with van der Waals surface area (Å²) in [4.78, 5) is 0. The normalized spacial score (nSPS) is 12.2. The first kappa shape index (κ1) is 13.6. The third kappa shape index (κ3) is 3.32. The van der Waals surface area contributed by atoms with Crippen molar-refractivity contribution in [3.8, 4) is 11.5 Å². The van der Waals surface area contributed by atoms with E-state index in [0.29, 0.717) is 17.9 Å². The molecule has 2 rings (SSSR count). The SMILES string of the molecule is CC[C@@H](O)c1ccc(Oc2ccc(F)cc2C)cc1. The van der Waals surface area contributed by atoms with Crippen molar-refractivity contribution in [2.45, 2.75) is 26.4 Å². The Hall–Kier alpha value is -1.87. The Bertz CT molecular complexity index is 549. The van der Waals surface area contributed by atoms with E-state index < -0.39 is 6.10 Å². The van der Waals surface area contributed by atoms with Crippen LogP contribution in [0.15, 0.2) is 42.5 Å². The second-order valence-electron chi connectivity index (χ2n) is 4.50. The summed E-state index contributed by atoms with van der Waals surface area (Å²) in [7, 11) is 0. The minimum absolute atomic E-state index is 0.272. The van der Waals surface area contributed by atoms with Gasteiger partial charge in [0, 0.05) is 0 Å². The molecule has 0 saturated carbocycles. The lowest BCUT2D eigenvalue weighted by Crippen LogP contribution is -1.95. The lowest BCUT2D eigenvalue weighted by atomic mass is 10.1. The molecular formula is C16H17FO2. The Balaban J connectivity index is 2.15. The van der Waals surface area contributed by atoms with Crippen molar-refractivity contribution in [1.29, 1.82) is 0 Å². The fourth-order valence-electron chi connectivity index (χ4n) is 1.85. The minimum atomic E-state index is -0.443. The molecule has 3 heteroatoms. The molecule has 0 heterocycles. The highest BCUT2D eigenvalue weighted by molar-refractivity contribution is 5.38. The zero-order valence-corrected chi connectivity index (χ0v) is 11.1. The Labute approximate surface area is 112 Å². The van der Waals surface area contributed by atoms with E-state index in [1.165, 1.54) is 12.1 Å². The molecule has 0 bridgehead atoms. The summed E-state index contributed by atoms with van der Waals surface area (Å²) in [5.74, 6) is 1.03. The first-order valence-corrected chi connectivity index (χ1v) is 6.32. The number of benzene rings is 2. The molecular weight excluding hydrogens is 243 g/mol. The number of halogens is 1. The summed E-state index contributed by atoms with van der Waals surface area (Å²) in [6, 6.07) is 11.7. The van der Waals surface area contributed by atoms with E-state index in [1.807, 2.05) is 19.1 Å². The minimum Gasteiger partial charge on any atom is -0.457 e. The predicted octanol–water partition coefficient (Wildman–Crippen LogP) is 4.37. The van der Waals surface area contributed by atoms with Crippen LogP contribution in [0.1, 0.15) is 30.6 Å². The quantitative estimate of drug-likeness (QED) is 0.884. The topological polar surface area (TPSA) is 29.5 Å². The van der Waals surface area contributed by atoms with E-state index >= 15 is 0 Å². The Morgan fingerprint density at radius 3 is 2.42 bits per heavy atom. The van der Waals surface area contributed by atoms with Crippen LogP contribution in [0.2, 0.25) is 0 Å². The van der Waals surface area contributed by atoms with Gasteiger partial charge in [0.15, 0.2) is 0 Å². The fourth-order valence-corrected chi connectivity index (χ4v) is 1.85. The molecule has 0 radical (unpaired) electrons. The van der Waals surface area contributed by atoms with Gasteiger partial charge in [0.2, 0.25) is 0 Å². The van der Waals surface area contributed by atoms with Crippen LogP contribution in [0, 0.1) is 12.7 Å². The first-order valence-electron chi connectivity index (χ1n) is 6.32. The molecule has 0 fully saturated rings. The van der Waals surface area contributed by atoms with E-state index in [1.54, 1.807) is 25.1 Å². The van der Waals surface area contributed by atoms with Crippen LogP contribution in [0.3, 0.4) is 0 Å². The number of ether oxygens (including phenoxy) is 1. The summed E-state index contributed by atoms with van der Waals surface area (Å²) in [6.07, 6.45) is 0.235. The van der Waals surface area contributed by atoms with Crippen molar-refractivity contribution >= 4 is 0 Å². The number of hydrogen-bond donors (Lipinski definition) is 1. The summed E-state index contributed by atoms with van der Waals surface area (Å²) >= 11 is 0. The summed E-state index contributed by atoms with van der Waals surface area (Å²) in [5.41, 5.74) is 1.61. The van der Waals surface area contributed by atoms with Gasteiger partial charge in [-0.15, -0.1) is 0 Å². The van der Waals surface area contributed by atoms with Crippen LogP contribution in [-0.4, -0.2) is 5.11 Å². The van der Waals surface area contributed by atoms with Crippen LogP contribution in [-0.2, 0) is 0 Å². The highest BCUT2D eigenvalue weighted by Crippen LogP contribution is 2.27. The zero-order chi connectivity index (χ0) is 13.8. The Morgan fingerprint density at radius 1 is 1.16 bits per heavy atom. The number of rotatable bonds is 4. The van der Waals surface area contributed by atoms with Crippen LogP contribution in [0.25, 0.3) is 0 Å². The van der Waals surface area contributed by atoms with Crippen LogP contribution in [0.4, 0.5) is 4.39 Å². The molecule has 1 N–H and O–H groups in total.